The van der Waals surface area contributed by atoms with E-state index in [0.717, 1.165) is 11.1 Å². The van der Waals surface area contributed by atoms with Gasteiger partial charge in [-0.25, -0.2) is 20.4 Å². The fourth-order valence-electron chi connectivity index (χ4n) is 1.31. The van der Waals surface area contributed by atoms with Gasteiger partial charge in [-0.2, -0.15) is 10.2 Å². The summed E-state index contributed by atoms with van der Waals surface area (Å²) in [5, 5.41) is 7.48. The molecule has 0 unspecified atom stereocenters. The summed E-state index contributed by atoms with van der Waals surface area (Å²) in [7, 11) is 0. The number of rotatable bonds is 6. The van der Waals surface area contributed by atoms with Crippen LogP contribution in [-0.4, -0.2) is 37.8 Å². The largest absolute Gasteiger partial charge is 0.449 e. The zero-order valence-corrected chi connectivity index (χ0v) is 12.4. The van der Waals surface area contributed by atoms with Crippen LogP contribution < -0.4 is 10.9 Å². The SMILES string of the molecule is CCOC(=O)N/N=C\c1ccc(/C=N\NC(=O)OCC)cc1. The first-order valence-electron chi connectivity index (χ1n) is 6.67. The first kappa shape index (κ1) is 17.2. The second kappa shape index (κ2) is 9.92. The van der Waals surface area contributed by atoms with E-state index < -0.39 is 12.2 Å². The molecule has 0 radical (unpaired) electrons. The van der Waals surface area contributed by atoms with E-state index in [0.29, 0.717) is 0 Å². The molecule has 22 heavy (non-hydrogen) atoms. The third kappa shape index (κ3) is 7.04. The fourth-order valence-corrected chi connectivity index (χ4v) is 1.31. The van der Waals surface area contributed by atoms with E-state index in [2.05, 4.69) is 30.5 Å². The monoisotopic (exact) mass is 306 g/mol. The standard InChI is InChI=1S/C14H18N4O4/c1-3-21-13(19)17-15-9-11-5-7-12(8-6-11)10-16-18-14(20)22-4-2/h5-10H,3-4H2,1-2H3,(H,17,19)(H,18,20)/b15-9-,16-10-. The Bertz CT molecular complexity index is 491. The Morgan fingerprint density at radius 1 is 0.909 bits per heavy atom. The lowest BCUT2D eigenvalue weighted by molar-refractivity contribution is 0.152. The van der Waals surface area contributed by atoms with Crippen LogP contribution in [0.5, 0.6) is 0 Å². The molecule has 0 aliphatic rings. The van der Waals surface area contributed by atoms with Crippen molar-refractivity contribution in [2.24, 2.45) is 10.2 Å². The van der Waals surface area contributed by atoms with Gasteiger partial charge in [0.1, 0.15) is 0 Å². The van der Waals surface area contributed by atoms with Crippen LogP contribution in [0, 0.1) is 0 Å². The fraction of sp³-hybridized carbons (Fsp3) is 0.286. The number of carbonyl (C=O) groups excluding carboxylic acids is 2. The summed E-state index contributed by atoms with van der Waals surface area (Å²) in [4.78, 5) is 22.0. The summed E-state index contributed by atoms with van der Waals surface area (Å²) in [6.45, 7) is 3.99. The summed E-state index contributed by atoms with van der Waals surface area (Å²) in [6, 6.07) is 7.12. The van der Waals surface area contributed by atoms with Crippen LogP contribution in [0.3, 0.4) is 0 Å². The zero-order valence-electron chi connectivity index (χ0n) is 12.4. The number of hydrazone groups is 2. The van der Waals surface area contributed by atoms with Crippen molar-refractivity contribution in [1.29, 1.82) is 0 Å². The third-order valence-corrected chi connectivity index (χ3v) is 2.23. The van der Waals surface area contributed by atoms with Crippen molar-refractivity contribution >= 4 is 24.6 Å². The van der Waals surface area contributed by atoms with Crippen LogP contribution in [0.15, 0.2) is 34.5 Å². The molecule has 1 aromatic rings. The maximum atomic E-state index is 11.0. The van der Waals surface area contributed by atoms with Crippen molar-refractivity contribution in [3.63, 3.8) is 0 Å². The Balaban J connectivity index is 2.45. The topological polar surface area (TPSA) is 101 Å². The molecule has 0 aliphatic carbocycles. The van der Waals surface area contributed by atoms with E-state index >= 15 is 0 Å². The van der Waals surface area contributed by atoms with Gasteiger partial charge in [-0.1, -0.05) is 24.3 Å². The van der Waals surface area contributed by atoms with E-state index in [4.69, 9.17) is 0 Å². The highest BCUT2D eigenvalue weighted by Gasteiger charge is 1.97. The first-order chi connectivity index (χ1) is 10.7. The lowest BCUT2D eigenvalue weighted by Crippen LogP contribution is -2.18. The Morgan fingerprint density at radius 2 is 1.27 bits per heavy atom. The minimum absolute atomic E-state index is 0.287. The lowest BCUT2D eigenvalue weighted by Gasteiger charge is -2.00. The van der Waals surface area contributed by atoms with Gasteiger partial charge in [0, 0.05) is 0 Å². The molecule has 2 amide bonds. The lowest BCUT2D eigenvalue weighted by atomic mass is 10.2. The molecular formula is C14H18N4O4. The van der Waals surface area contributed by atoms with E-state index in [-0.39, 0.29) is 13.2 Å². The Morgan fingerprint density at radius 3 is 1.59 bits per heavy atom. The van der Waals surface area contributed by atoms with Crippen LogP contribution in [0.25, 0.3) is 0 Å². The van der Waals surface area contributed by atoms with E-state index in [1.54, 1.807) is 38.1 Å². The van der Waals surface area contributed by atoms with Gasteiger partial charge in [0.15, 0.2) is 0 Å². The molecule has 0 atom stereocenters. The predicted molar refractivity (Wildman–Crippen MR) is 81.9 cm³/mol. The Hall–Kier alpha value is -2.90. The number of benzene rings is 1. The van der Waals surface area contributed by atoms with Gasteiger partial charge in [0.2, 0.25) is 0 Å². The molecule has 0 fully saturated rings. The minimum atomic E-state index is -0.604. The van der Waals surface area contributed by atoms with Crippen molar-refractivity contribution in [2.75, 3.05) is 13.2 Å². The molecular weight excluding hydrogens is 288 g/mol. The molecule has 8 nitrogen and oxygen atoms in total. The van der Waals surface area contributed by atoms with Crippen LogP contribution in [0.4, 0.5) is 9.59 Å². The number of ether oxygens (including phenoxy) is 2. The van der Waals surface area contributed by atoms with Crippen molar-refractivity contribution in [3.8, 4) is 0 Å². The maximum Gasteiger partial charge on any atom is 0.427 e. The number of nitrogens with zero attached hydrogens (tertiary/aromatic N) is 2. The average Bonchev–Trinajstić information content (AvgIpc) is 2.49. The highest BCUT2D eigenvalue weighted by atomic mass is 16.6. The molecule has 0 bridgehead atoms. The molecule has 2 N–H and O–H groups in total. The van der Waals surface area contributed by atoms with E-state index in [1.807, 2.05) is 0 Å². The maximum absolute atomic E-state index is 11.0. The molecule has 0 aliphatic heterocycles. The van der Waals surface area contributed by atoms with Crippen LogP contribution in [-0.2, 0) is 9.47 Å². The summed E-state index contributed by atoms with van der Waals surface area (Å²) < 4.78 is 9.31. The zero-order chi connectivity index (χ0) is 16.2. The Kier molecular flexibility index (Phi) is 7.73. The highest BCUT2D eigenvalue weighted by Crippen LogP contribution is 2.00. The number of hydrogen-bond donors (Lipinski definition) is 2. The quantitative estimate of drug-likeness (QED) is 0.618. The molecule has 0 spiro atoms. The van der Waals surface area contributed by atoms with Crippen molar-refractivity contribution in [3.05, 3.63) is 35.4 Å². The van der Waals surface area contributed by atoms with Crippen molar-refractivity contribution < 1.29 is 19.1 Å². The summed E-state index contributed by atoms with van der Waals surface area (Å²) in [6.07, 6.45) is 1.75. The van der Waals surface area contributed by atoms with Crippen molar-refractivity contribution in [2.45, 2.75) is 13.8 Å². The molecule has 1 rings (SSSR count). The molecule has 0 heterocycles. The molecule has 0 aromatic heterocycles. The summed E-state index contributed by atoms with van der Waals surface area (Å²) >= 11 is 0. The van der Waals surface area contributed by atoms with Gasteiger partial charge in [-0.3, -0.25) is 0 Å². The molecule has 8 heteroatoms. The molecule has 1 aromatic carbocycles. The number of amides is 2. The smallest absolute Gasteiger partial charge is 0.427 e. The van der Waals surface area contributed by atoms with E-state index in [1.165, 1.54) is 12.4 Å². The van der Waals surface area contributed by atoms with Gasteiger partial charge in [0.05, 0.1) is 25.6 Å². The predicted octanol–water partition coefficient (Wildman–Crippen LogP) is 1.85. The number of hydrogen-bond acceptors (Lipinski definition) is 6. The molecule has 118 valence electrons. The Labute approximate surface area is 128 Å². The van der Waals surface area contributed by atoms with Gasteiger partial charge in [-0.15, -0.1) is 0 Å². The van der Waals surface area contributed by atoms with Gasteiger partial charge in [-0.05, 0) is 25.0 Å². The van der Waals surface area contributed by atoms with Crippen LogP contribution in [0.2, 0.25) is 0 Å². The minimum Gasteiger partial charge on any atom is -0.449 e. The van der Waals surface area contributed by atoms with Gasteiger partial charge >= 0.3 is 12.2 Å². The number of nitrogens with one attached hydrogen (secondary N) is 2. The van der Waals surface area contributed by atoms with Crippen molar-refractivity contribution in [1.82, 2.24) is 10.9 Å². The third-order valence-electron chi connectivity index (χ3n) is 2.23. The average molecular weight is 306 g/mol. The first-order valence-corrected chi connectivity index (χ1v) is 6.67. The highest BCUT2D eigenvalue weighted by molar-refractivity contribution is 5.85. The normalized spacial score (nSPS) is 10.6. The van der Waals surface area contributed by atoms with Crippen LogP contribution >= 0.6 is 0 Å². The van der Waals surface area contributed by atoms with Gasteiger partial charge in [0.25, 0.3) is 0 Å². The van der Waals surface area contributed by atoms with E-state index in [9.17, 15) is 9.59 Å². The molecule has 0 saturated carbocycles. The second-order valence-electron chi connectivity index (χ2n) is 3.85. The summed E-state index contributed by atoms with van der Waals surface area (Å²) in [5.41, 5.74) is 6.02. The number of carbonyl (C=O) groups is 2. The van der Waals surface area contributed by atoms with Crippen LogP contribution in [0.1, 0.15) is 25.0 Å². The second-order valence-corrected chi connectivity index (χ2v) is 3.85. The summed E-state index contributed by atoms with van der Waals surface area (Å²) in [5.74, 6) is 0. The van der Waals surface area contributed by atoms with Gasteiger partial charge < -0.3 is 9.47 Å². The molecule has 0 saturated heterocycles.